The highest BCUT2D eigenvalue weighted by Crippen LogP contribution is 2.17. The molecule has 7 nitrogen and oxygen atoms in total. The first-order valence-corrected chi connectivity index (χ1v) is 8.85. The summed E-state index contributed by atoms with van der Waals surface area (Å²) in [7, 11) is 0. The van der Waals surface area contributed by atoms with E-state index in [4.69, 9.17) is 10.5 Å². The van der Waals surface area contributed by atoms with E-state index in [2.05, 4.69) is 22.2 Å². The van der Waals surface area contributed by atoms with Gasteiger partial charge < -0.3 is 20.7 Å². The number of nitrogens with one attached hydrogen (secondary N) is 1. The lowest BCUT2D eigenvalue weighted by Crippen LogP contribution is -2.48. The van der Waals surface area contributed by atoms with Crippen LogP contribution < -0.4 is 11.1 Å². The molecule has 0 bridgehead atoms. The number of nitrogens with two attached hydrogens (primary N) is 1. The lowest BCUT2D eigenvalue weighted by molar-refractivity contribution is 0.0963. The Morgan fingerprint density at radius 2 is 2.29 bits per heavy atom. The van der Waals surface area contributed by atoms with E-state index < -0.39 is 0 Å². The normalized spacial score (nSPS) is 17.1. The molecular weight excluding hydrogens is 441 g/mol. The number of aliphatic imine (C=N–C) groups is 1. The number of carbonyl (C=O) groups is 1. The Kier molecular flexibility index (Phi) is 9.34. The highest BCUT2D eigenvalue weighted by Gasteiger charge is 2.23. The van der Waals surface area contributed by atoms with Gasteiger partial charge in [-0.05, 0) is 19.8 Å². The second-order valence-corrected chi connectivity index (χ2v) is 6.53. The number of piperidine rings is 1. The van der Waals surface area contributed by atoms with Crippen LogP contribution in [0.15, 0.2) is 16.6 Å². The van der Waals surface area contributed by atoms with Gasteiger partial charge in [0.15, 0.2) is 5.96 Å². The highest BCUT2D eigenvalue weighted by molar-refractivity contribution is 14.0. The van der Waals surface area contributed by atoms with Gasteiger partial charge in [-0.15, -0.1) is 35.3 Å². The van der Waals surface area contributed by atoms with E-state index in [-0.39, 0.29) is 42.0 Å². The van der Waals surface area contributed by atoms with Crippen molar-refractivity contribution in [2.24, 2.45) is 10.7 Å². The molecule has 3 N–H and O–H groups in total. The molecule has 1 saturated heterocycles. The van der Waals surface area contributed by atoms with Crippen LogP contribution in [0.3, 0.4) is 0 Å². The highest BCUT2D eigenvalue weighted by atomic mass is 127. The summed E-state index contributed by atoms with van der Waals surface area (Å²) in [5.74, 6) is 0.726. The molecule has 2 rings (SSSR count). The minimum Gasteiger partial charge on any atom is -0.450 e. The number of halogens is 1. The number of guanidine groups is 1. The second-order valence-electron chi connectivity index (χ2n) is 5.60. The monoisotopic (exact) mass is 467 g/mol. The molecule has 1 unspecified atom stereocenters. The van der Waals surface area contributed by atoms with Crippen molar-refractivity contribution in [3.63, 3.8) is 0 Å². The summed E-state index contributed by atoms with van der Waals surface area (Å²) in [6.45, 7) is 6.30. The van der Waals surface area contributed by atoms with Crippen molar-refractivity contribution in [3.8, 4) is 0 Å². The fourth-order valence-electron chi connectivity index (χ4n) is 2.47. The standard InChI is InChI=1S/C15H25N5O2S.HI/c1-3-22-15(21)20-7-4-12(5-8-20)19-14(16)18-10-11(2)13-17-6-9-23-13;/h6,9,11-12H,3-5,7-8,10H2,1-2H3,(H3,16,18,19);1H. The van der Waals surface area contributed by atoms with Gasteiger partial charge in [-0.2, -0.15) is 0 Å². The molecule has 1 amide bonds. The van der Waals surface area contributed by atoms with E-state index in [0.29, 0.717) is 32.2 Å². The molecule has 1 aliphatic heterocycles. The van der Waals surface area contributed by atoms with Gasteiger partial charge in [0.25, 0.3) is 0 Å². The van der Waals surface area contributed by atoms with Gasteiger partial charge in [-0.3, -0.25) is 4.99 Å². The quantitative estimate of drug-likeness (QED) is 0.394. The molecule has 0 spiro atoms. The number of rotatable bonds is 5. The summed E-state index contributed by atoms with van der Waals surface area (Å²) in [5.41, 5.74) is 5.97. The molecule has 0 aromatic carbocycles. The van der Waals surface area contributed by atoms with Crippen LogP contribution in [0.25, 0.3) is 0 Å². The number of thiazole rings is 1. The number of nitrogens with zero attached hydrogens (tertiary/aromatic N) is 3. The first kappa shape index (κ1) is 20.9. The van der Waals surface area contributed by atoms with E-state index >= 15 is 0 Å². The van der Waals surface area contributed by atoms with Gasteiger partial charge in [-0.1, -0.05) is 6.92 Å². The molecular formula is C15H26IN5O2S. The topological polar surface area (TPSA) is 92.8 Å². The predicted molar refractivity (Wildman–Crippen MR) is 107 cm³/mol. The molecule has 1 aliphatic rings. The Hall–Kier alpha value is -1.10. The maximum atomic E-state index is 11.6. The minimum absolute atomic E-state index is 0. The third-order valence-electron chi connectivity index (χ3n) is 3.78. The van der Waals surface area contributed by atoms with E-state index in [1.165, 1.54) is 0 Å². The SMILES string of the molecule is CCOC(=O)N1CCC(NC(N)=NCC(C)c2nccs2)CC1.I. The van der Waals surface area contributed by atoms with E-state index in [0.717, 1.165) is 17.8 Å². The number of aromatic nitrogens is 1. The summed E-state index contributed by atoms with van der Waals surface area (Å²) in [6, 6.07) is 0.250. The average Bonchev–Trinajstić information content (AvgIpc) is 3.08. The van der Waals surface area contributed by atoms with E-state index in [9.17, 15) is 4.79 Å². The van der Waals surface area contributed by atoms with Crippen LogP contribution >= 0.6 is 35.3 Å². The summed E-state index contributed by atoms with van der Waals surface area (Å²) < 4.78 is 5.01. The molecule has 1 atom stereocenters. The van der Waals surface area contributed by atoms with Gasteiger partial charge in [0.2, 0.25) is 0 Å². The van der Waals surface area contributed by atoms with Crippen molar-refractivity contribution in [2.75, 3.05) is 26.2 Å². The number of carbonyl (C=O) groups excluding carboxylic acids is 1. The van der Waals surface area contributed by atoms with Crippen LogP contribution in [-0.4, -0.2) is 54.2 Å². The van der Waals surface area contributed by atoms with Crippen LogP contribution in [-0.2, 0) is 4.74 Å². The molecule has 0 saturated carbocycles. The second kappa shape index (κ2) is 10.7. The maximum absolute atomic E-state index is 11.6. The minimum atomic E-state index is -0.232. The number of hydrogen-bond donors (Lipinski definition) is 2. The Labute approximate surface area is 164 Å². The number of likely N-dealkylation sites (tertiary alicyclic amines) is 1. The molecule has 0 aliphatic carbocycles. The Morgan fingerprint density at radius 3 is 2.88 bits per heavy atom. The van der Waals surface area contributed by atoms with E-state index in [1.807, 2.05) is 12.3 Å². The molecule has 136 valence electrons. The van der Waals surface area contributed by atoms with Gasteiger partial charge in [-0.25, -0.2) is 9.78 Å². The Bertz CT molecular complexity index is 518. The van der Waals surface area contributed by atoms with Crippen molar-refractivity contribution in [2.45, 2.75) is 38.6 Å². The largest absolute Gasteiger partial charge is 0.450 e. The Balaban J connectivity index is 0.00000288. The van der Waals surface area contributed by atoms with Crippen molar-refractivity contribution in [3.05, 3.63) is 16.6 Å². The number of amides is 1. The number of hydrogen-bond acceptors (Lipinski definition) is 5. The summed E-state index contributed by atoms with van der Waals surface area (Å²) in [4.78, 5) is 22.1. The number of ether oxygens (including phenoxy) is 1. The van der Waals surface area contributed by atoms with Crippen molar-refractivity contribution >= 4 is 47.4 Å². The maximum Gasteiger partial charge on any atom is 0.409 e. The van der Waals surface area contributed by atoms with Crippen LogP contribution in [0.4, 0.5) is 4.79 Å². The summed E-state index contributed by atoms with van der Waals surface area (Å²) in [6.07, 6.45) is 3.26. The van der Waals surface area contributed by atoms with Crippen LogP contribution in [0.5, 0.6) is 0 Å². The lowest BCUT2D eigenvalue weighted by atomic mass is 10.1. The van der Waals surface area contributed by atoms with Crippen LogP contribution in [0.1, 0.15) is 37.6 Å². The summed E-state index contributed by atoms with van der Waals surface area (Å²) >= 11 is 1.63. The van der Waals surface area contributed by atoms with Gasteiger partial charge in [0.05, 0.1) is 18.2 Å². The van der Waals surface area contributed by atoms with Crippen molar-refractivity contribution in [1.82, 2.24) is 15.2 Å². The Morgan fingerprint density at radius 1 is 1.58 bits per heavy atom. The lowest BCUT2D eigenvalue weighted by Gasteiger charge is -2.31. The average molecular weight is 467 g/mol. The van der Waals surface area contributed by atoms with Crippen LogP contribution in [0, 0.1) is 0 Å². The molecule has 24 heavy (non-hydrogen) atoms. The van der Waals surface area contributed by atoms with Gasteiger partial charge >= 0.3 is 6.09 Å². The zero-order chi connectivity index (χ0) is 16.7. The van der Waals surface area contributed by atoms with Gasteiger partial charge in [0.1, 0.15) is 0 Å². The first-order chi connectivity index (χ1) is 11.1. The fraction of sp³-hybridized carbons (Fsp3) is 0.667. The van der Waals surface area contributed by atoms with Crippen molar-refractivity contribution < 1.29 is 9.53 Å². The third-order valence-corrected chi connectivity index (χ3v) is 4.79. The first-order valence-electron chi connectivity index (χ1n) is 7.97. The van der Waals surface area contributed by atoms with E-state index in [1.54, 1.807) is 22.4 Å². The summed E-state index contributed by atoms with van der Waals surface area (Å²) in [5, 5.41) is 6.28. The smallest absolute Gasteiger partial charge is 0.409 e. The predicted octanol–water partition coefficient (Wildman–Crippen LogP) is 2.39. The zero-order valence-electron chi connectivity index (χ0n) is 14.1. The van der Waals surface area contributed by atoms with Crippen molar-refractivity contribution in [1.29, 1.82) is 0 Å². The molecule has 0 radical (unpaired) electrons. The molecule has 1 fully saturated rings. The molecule has 2 heterocycles. The molecule has 1 aromatic heterocycles. The zero-order valence-corrected chi connectivity index (χ0v) is 17.3. The third kappa shape index (κ3) is 6.42. The fourth-order valence-corrected chi connectivity index (χ4v) is 3.16. The molecule has 9 heteroatoms. The van der Waals surface area contributed by atoms with Crippen LogP contribution in [0.2, 0.25) is 0 Å². The molecule has 1 aromatic rings. The van der Waals surface area contributed by atoms with Gasteiger partial charge in [0, 0.05) is 36.6 Å².